The maximum atomic E-state index is 4.13. The van der Waals surface area contributed by atoms with Gasteiger partial charge in [-0.2, -0.15) is 0 Å². The maximum absolute atomic E-state index is 4.13. The maximum Gasteiger partial charge on any atom is 0.0534 e. The third-order valence-electron chi connectivity index (χ3n) is 2.19. The molecule has 2 unspecified atom stereocenters. The van der Waals surface area contributed by atoms with E-state index < -0.39 is 0 Å². The van der Waals surface area contributed by atoms with E-state index in [2.05, 4.69) is 22.5 Å². The molecule has 2 rings (SSSR count). The molecule has 0 aromatic carbocycles. The molecular weight excluding hydrogens is 136 g/mol. The first-order chi connectivity index (χ1) is 5.47. The van der Waals surface area contributed by atoms with Crippen LogP contribution in [0.25, 0.3) is 0 Å². The first kappa shape index (κ1) is 6.65. The van der Waals surface area contributed by atoms with Crippen molar-refractivity contribution in [1.82, 2.24) is 5.32 Å². The van der Waals surface area contributed by atoms with Crippen LogP contribution in [-0.4, -0.2) is 12.3 Å². The number of hydrogen-bond acceptors (Lipinski definition) is 2. The van der Waals surface area contributed by atoms with Gasteiger partial charge in [-0.3, -0.25) is 4.99 Å². The van der Waals surface area contributed by atoms with E-state index in [0.717, 1.165) is 6.42 Å². The van der Waals surface area contributed by atoms with Crippen molar-refractivity contribution in [1.29, 1.82) is 0 Å². The first-order valence-corrected chi connectivity index (χ1v) is 4.08. The molecule has 2 atom stereocenters. The van der Waals surface area contributed by atoms with Crippen LogP contribution in [-0.2, 0) is 0 Å². The van der Waals surface area contributed by atoms with Crippen LogP contribution in [0.15, 0.2) is 29.5 Å². The molecular formula is C9H12N2. The van der Waals surface area contributed by atoms with Crippen LogP contribution in [0.2, 0.25) is 0 Å². The SMILES string of the molecule is C1=CNC2C=CN=CC2CC1. The molecule has 0 aromatic rings. The number of hydrogen-bond donors (Lipinski definition) is 1. The molecule has 0 spiro atoms. The van der Waals surface area contributed by atoms with Gasteiger partial charge in [0, 0.05) is 18.3 Å². The van der Waals surface area contributed by atoms with E-state index in [-0.39, 0.29) is 0 Å². The first-order valence-electron chi connectivity index (χ1n) is 4.08. The third-order valence-corrected chi connectivity index (χ3v) is 2.19. The number of nitrogens with zero attached hydrogens (tertiary/aromatic N) is 1. The second-order valence-electron chi connectivity index (χ2n) is 2.98. The van der Waals surface area contributed by atoms with E-state index in [9.17, 15) is 0 Å². The zero-order valence-electron chi connectivity index (χ0n) is 6.40. The van der Waals surface area contributed by atoms with Gasteiger partial charge >= 0.3 is 0 Å². The Morgan fingerprint density at radius 1 is 1.45 bits per heavy atom. The molecule has 0 amide bonds. The fraction of sp³-hybridized carbons (Fsp3) is 0.444. The average Bonchev–Trinajstić information content (AvgIpc) is 2.28. The summed E-state index contributed by atoms with van der Waals surface area (Å²) >= 11 is 0. The summed E-state index contributed by atoms with van der Waals surface area (Å²) in [7, 11) is 0. The molecule has 58 valence electrons. The molecule has 0 radical (unpaired) electrons. The molecule has 2 heterocycles. The summed E-state index contributed by atoms with van der Waals surface area (Å²) in [6.07, 6.45) is 12.6. The monoisotopic (exact) mass is 148 g/mol. The van der Waals surface area contributed by atoms with Crippen LogP contribution in [0.3, 0.4) is 0 Å². The van der Waals surface area contributed by atoms with Crippen LogP contribution < -0.4 is 5.32 Å². The summed E-state index contributed by atoms with van der Waals surface area (Å²) in [4.78, 5) is 4.13. The minimum Gasteiger partial charge on any atom is -0.384 e. The fourth-order valence-electron chi connectivity index (χ4n) is 1.52. The zero-order chi connectivity index (χ0) is 7.52. The van der Waals surface area contributed by atoms with E-state index in [1.54, 1.807) is 0 Å². The normalized spacial score (nSPS) is 34.2. The Bertz CT molecular complexity index is 216. The van der Waals surface area contributed by atoms with Gasteiger partial charge in [-0.25, -0.2) is 0 Å². The van der Waals surface area contributed by atoms with Gasteiger partial charge in [0.25, 0.3) is 0 Å². The minimum absolute atomic E-state index is 0.478. The molecule has 0 saturated heterocycles. The van der Waals surface area contributed by atoms with E-state index in [4.69, 9.17) is 0 Å². The number of nitrogens with one attached hydrogen (secondary N) is 1. The molecule has 2 heteroatoms. The number of aliphatic imine (C=N–C) groups is 1. The highest BCUT2D eigenvalue weighted by molar-refractivity contribution is 5.64. The number of rotatable bonds is 0. The second kappa shape index (κ2) is 2.91. The Labute approximate surface area is 66.7 Å². The highest BCUT2D eigenvalue weighted by atomic mass is 14.9. The standard InChI is InChI=1S/C9H12N2/c1-2-5-11-9-4-6-10-7-8(9)3-1/h2,4-9,11H,1,3H2. The predicted octanol–water partition coefficient (Wildman–Crippen LogP) is 1.47. The van der Waals surface area contributed by atoms with Gasteiger partial charge in [0.15, 0.2) is 0 Å². The van der Waals surface area contributed by atoms with Gasteiger partial charge in [-0.15, -0.1) is 0 Å². The molecule has 2 aliphatic rings. The minimum atomic E-state index is 0.478. The van der Waals surface area contributed by atoms with Gasteiger partial charge in [0.05, 0.1) is 6.04 Å². The van der Waals surface area contributed by atoms with E-state index in [0.29, 0.717) is 12.0 Å². The van der Waals surface area contributed by atoms with Crippen molar-refractivity contribution in [2.24, 2.45) is 10.9 Å². The summed E-state index contributed by atoms with van der Waals surface area (Å²) in [6.45, 7) is 0. The summed E-state index contributed by atoms with van der Waals surface area (Å²) in [5, 5.41) is 3.32. The molecule has 0 aromatic heterocycles. The molecule has 2 aliphatic heterocycles. The van der Waals surface area contributed by atoms with E-state index in [1.165, 1.54) is 6.42 Å². The largest absolute Gasteiger partial charge is 0.384 e. The van der Waals surface area contributed by atoms with Crippen molar-refractivity contribution < 1.29 is 0 Å². The van der Waals surface area contributed by atoms with Gasteiger partial charge in [-0.05, 0) is 25.1 Å². The Balaban J connectivity index is 2.13. The summed E-state index contributed by atoms with van der Waals surface area (Å²) < 4.78 is 0. The quantitative estimate of drug-likeness (QED) is 0.552. The van der Waals surface area contributed by atoms with Gasteiger partial charge in [0.1, 0.15) is 0 Å². The van der Waals surface area contributed by atoms with Crippen LogP contribution in [0.5, 0.6) is 0 Å². The topological polar surface area (TPSA) is 24.4 Å². The zero-order valence-corrected chi connectivity index (χ0v) is 6.40. The van der Waals surface area contributed by atoms with Crippen molar-refractivity contribution in [2.75, 3.05) is 0 Å². The lowest BCUT2D eigenvalue weighted by Crippen LogP contribution is -2.31. The van der Waals surface area contributed by atoms with Crippen LogP contribution in [0, 0.1) is 5.92 Å². The lowest BCUT2D eigenvalue weighted by atomic mass is 9.95. The van der Waals surface area contributed by atoms with Crippen molar-refractivity contribution >= 4 is 6.21 Å². The number of allylic oxidation sites excluding steroid dienone is 1. The molecule has 2 nitrogen and oxygen atoms in total. The van der Waals surface area contributed by atoms with E-state index >= 15 is 0 Å². The Morgan fingerprint density at radius 2 is 2.45 bits per heavy atom. The summed E-state index contributed by atoms with van der Waals surface area (Å²) in [5.74, 6) is 0.593. The second-order valence-corrected chi connectivity index (χ2v) is 2.98. The predicted molar refractivity (Wildman–Crippen MR) is 46.4 cm³/mol. The van der Waals surface area contributed by atoms with Crippen LogP contribution >= 0.6 is 0 Å². The summed E-state index contributed by atoms with van der Waals surface area (Å²) in [5.41, 5.74) is 0. The molecule has 11 heavy (non-hydrogen) atoms. The highest BCUT2D eigenvalue weighted by Gasteiger charge is 2.18. The van der Waals surface area contributed by atoms with Gasteiger partial charge in [-0.1, -0.05) is 6.08 Å². The molecule has 0 bridgehead atoms. The Morgan fingerprint density at radius 3 is 3.45 bits per heavy atom. The van der Waals surface area contributed by atoms with E-state index in [1.807, 2.05) is 18.6 Å². The lowest BCUT2D eigenvalue weighted by molar-refractivity contribution is 0.537. The van der Waals surface area contributed by atoms with Crippen molar-refractivity contribution in [2.45, 2.75) is 18.9 Å². The van der Waals surface area contributed by atoms with Gasteiger partial charge in [0.2, 0.25) is 0 Å². The lowest BCUT2D eigenvalue weighted by Gasteiger charge is -2.20. The highest BCUT2D eigenvalue weighted by Crippen LogP contribution is 2.16. The van der Waals surface area contributed by atoms with Crippen LogP contribution in [0.1, 0.15) is 12.8 Å². The van der Waals surface area contributed by atoms with Gasteiger partial charge < -0.3 is 5.32 Å². The molecule has 0 saturated carbocycles. The van der Waals surface area contributed by atoms with Crippen molar-refractivity contribution in [3.8, 4) is 0 Å². The molecule has 0 aliphatic carbocycles. The smallest absolute Gasteiger partial charge is 0.0534 e. The average molecular weight is 148 g/mol. The molecule has 0 fully saturated rings. The van der Waals surface area contributed by atoms with Crippen molar-refractivity contribution in [3.05, 3.63) is 24.6 Å². The fourth-order valence-corrected chi connectivity index (χ4v) is 1.52. The third kappa shape index (κ3) is 1.34. The summed E-state index contributed by atoms with van der Waals surface area (Å²) in [6, 6.07) is 0.478. The van der Waals surface area contributed by atoms with Crippen LogP contribution in [0.4, 0.5) is 0 Å². The van der Waals surface area contributed by atoms with Crippen molar-refractivity contribution in [3.63, 3.8) is 0 Å². The Kier molecular flexibility index (Phi) is 1.76. The molecule has 1 N–H and O–H groups in total. The number of fused-ring (bicyclic) bond motifs is 1. The Hall–Kier alpha value is -1.05.